The van der Waals surface area contributed by atoms with Crippen molar-refractivity contribution < 1.29 is 4.79 Å². The van der Waals surface area contributed by atoms with E-state index in [9.17, 15) is 4.79 Å². The van der Waals surface area contributed by atoms with Crippen LogP contribution in [0.2, 0.25) is 0 Å². The van der Waals surface area contributed by atoms with Crippen LogP contribution in [0.15, 0.2) is 54.7 Å². The van der Waals surface area contributed by atoms with Crippen LogP contribution >= 0.6 is 0 Å². The van der Waals surface area contributed by atoms with Gasteiger partial charge in [0, 0.05) is 34.8 Å². The molecule has 0 saturated heterocycles. The number of rotatable bonds is 7. The molecule has 0 bridgehead atoms. The molecule has 1 aliphatic carbocycles. The number of aromatic nitrogens is 1. The van der Waals surface area contributed by atoms with E-state index in [1.54, 1.807) is 0 Å². The summed E-state index contributed by atoms with van der Waals surface area (Å²) in [5, 5.41) is 12.2. The monoisotopic (exact) mass is 388 g/mol. The van der Waals surface area contributed by atoms with E-state index in [1.165, 1.54) is 19.3 Å². The molecule has 1 aromatic heterocycles. The van der Waals surface area contributed by atoms with E-state index in [0.717, 1.165) is 35.0 Å². The van der Waals surface area contributed by atoms with E-state index in [1.807, 2.05) is 54.7 Å². The highest BCUT2D eigenvalue weighted by molar-refractivity contribution is 6.00. The van der Waals surface area contributed by atoms with E-state index in [4.69, 9.17) is 11.1 Å². The van der Waals surface area contributed by atoms with Gasteiger partial charge in [-0.3, -0.25) is 10.2 Å². The molecule has 29 heavy (non-hydrogen) atoms. The van der Waals surface area contributed by atoms with Crippen molar-refractivity contribution in [3.05, 3.63) is 65.9 Å². The first-order valence-corrected chi connectivity index (χ1v) is 10.4. The third-order valence-electron chi connectivity index (χ3n) is 6.01. The molecule has 4 rings (SSSR count). The molecule has 3 aromatic rings. The molecule has 5 nitrogen and oxygen atoms in total. The predicted molar refractivity (Wildman–Crippen MR) is 118 cm³/mol. The fourth-order valence-corrected chi connectivity index (χ4v) is 4.43. The fraction of sp³-hybridized carbons (Fsp3) is 0.333. The maximum Gasteiger partial charge on any atom is 0.159 e. The Morgan fingerprint density at radius 3 is 2.62 bits per heavy atom. The van der Waals surface area contributed by atoms with Gasteiger partial charge < -0.3 is 16.0 Å². The summed E-state index contributed by atoms with van der Waals surface area (Å²) < 4.78 is 0. The Hall–Kier alpha value is -3.08. The average molecular weight is 389 g/mol. The Morgan fingerprint density at radius 2 is 1.90 bits per heavy atom. The molecule has 0 amide bonds. The Bertz CT molecular complexity index is 1000. The van der Waals surface area contributed by atoms with Gasteiger partial charge in [-0.1, -0.05) is 37.5 Å². The van der Waals surface area contributed by atoms with Gasteiger partial charge in [0.1, 0.15) is 5.84 Å². The zero-order valence-electron chi connectivity index (χ0n) is 16.6. The number of benzene rings is 2. The number of hydrogen-bond acceptors (Lipinski definition) is 3. The standard InChI is InChI=1S/C24H28N4O/c25-24(26)17-11-12-21-20(13-17)18(15-27-21)14-22(29)23(16-7-3-1-4-8-16)28-19-9-5-2-6-10-19/h2,5-6,9-13,15-16,23,27-28H,1,3-4,7-8,14H2,(H3,25,26). The van der Waals surface area contributed by atoms with Crippen LogP contribution in [-0.4, -0.2) is 22.6 Å². The lowest BCUT2D eigenvalue weighted by Crippen LogP contribution is -2.39. The second-order valence-electron chi connectivity index (χ2n) is 8.02. The number of carbonyl (C=O) groups is 1. The normalized spacial score (nSPS) is 15.9. The van der Waals surface area contributed by atoms with E-state index < -0.39 is 0 Å². The zero-order valence-corrected chi connectivity index (χ0v) is 16.6. The minimum Gasteiger partial charge on any atom is -0.384 e. The van der Waals surface area contributed by atoms with Crippen LogP contribution < -0.4 is 11.1 Å². The molecule has 5 N–H and O–H groups in total. The van der Waals surface area contributed by atoms with Crippen molar-refractivity contribution in [1.82, 2.24) is 4.98 Å². The number of para-hydroxylation sites is 1. The van der Waals surface area contributed by atoms with Crippen molar-refractivity contribution in [3.8, 4) is 0 Å². The van der Waals surface area contributed by atoms with Gasteiger partial charge >= 0.3 is 0 Å². The summed E-state index contributed by atoms with van der Waals surface area (Å²) in [7, 11) is 0. The summed E-state index contributed by atoms with van der Waals surface area (Å²) in [6, 6.07) is 15.5. The molecular formula is C24H28N4O. The zero-order chi connectivity index (χ0) is 20.2. The number of aromatic amines is 1. The Labute approximate surface area is 171 Å². The summed E-state index contributed by atoms with van der Waals surface area (Å²) in [5.74, 6) is 0.625. The topological polar surface area (TPSA) is 94.8 Å². The van der Waals surface area contributed by atoms with Gasteiger partial charge in [-0.2, -0.15) is 0 Å². The van der Waals surface area contributed by atoms with Gasteiger partial charge in [0.25, 0.3) is 0 Å². The number of Topliss-reactive ketones (excluding diaryl/α,β-unsaturated/α-hetero) is 1. The first-order valence-electron chi connectivity index (χ1n) is 10.4. The van der Waals surface area contributed by atoms with Crippen LogP contribution in [0.5, 0.6) is 0 Å². The molecule has 1 fully saturated rings. The van der Waals surface area contributed by atoms with E-state index in [2.05, 4.69) is 10.3 Å². The highest BCUT2D eigenvalue weighted by Crippen LogP contribution is 2.30. The molecule has 1 aliphatic rings. The lowest BCUT2D eigenvalue weighted by molar-refractivity contribution is -0.120. The summed E-state index contributed by atoms with van der Waals surface area (Å²) >= 11 is 0. The van der Waals surface area contributed by atoms with Gasteiger partial charge in [0.05, 0.1) is 6.04 Å². The molecule has 5 heteroatoms. The number of H-pyrrole nitrogens is 1. The Morgan fingerprint density at radius 1 is 1.14 bits per heavy atom. The molecule has 1 heterocycles. The molecule has 1 saturated carbocycles. The van der Waals surface area contributed by atoms with Crippen LogP contribution in [0.4, 0.5) is 5.69 Å². The smallest absolute Gasteiger partial charge is 0.159 e. The van der Waals surface area contributed by atoms with Crippen LogP contribution in [0.25, 0.3) is 10.9 Å². The van der Waals surface area contributed by atoms with E-state index >= 15 is 0 Å². The summed E-state index contributed by atoms with van der Waals surface area (Å²) in [6.07, 6.45) is 8.12. The second kappa shape index (κ2) is 8.52. The highest BCUT2D eigenvalue weighted by Gasteiger charge is 2.29. The molecule has 0 spiro atoms. The van der Waals surface area contributed by atoms with E-state index in [-0.39, 0.29) is 17.7 Å². The second-order valence-corrected chi connectivity index (χ2v) is 8.02. The molecule has 0 aliphatic heterocycles. The van der Waals surface area contributed by atoms with Crippen LogP contribution in [0, 0.1) is 11.3 Å². The highest BCUT2D eigenvalue weighted by atomic mass is 16.1. The lowest BCUT2D eigenvalue weighted by atomic mass is 9.81. The lowest BCUT2D eigenvalue weighted by Gasteiger charge is -2.30. The number of anilines is 1. The van der Waals surface area contributed by atoms with Crippen LogP contribution in [-0.2, 0) is 11.2 Å². The van der Waals surface area contributed by atoms with Gasteiger partial charge in [-0.15, -0.1) is 0 Å². The molecule has 2 aromatic carbocycles. The predicted octanol–water partition coefficient (Wildman–Crippen LogP) is 4.62. The molecule has 150 valence electrons. The quantitative estimate of drug-likeness (QED) is 0.351. The summed E-state index contributed by atoms with van der Waals surface area (Å²) in [5.41, 5.74) is 9.25. The van der Waals surface area contributed by atoms with Crippen molar-refractivity contribution >= 4 is 28.2 Å². The van der Waals surface area contributed by atoms with Crippen molar-refractivity contribution in [2.24, 2.45) is 11.7 Å². The molecule has 1 unspecified atom stereocenters. The van der Waals surface area contributed by atoms with Crippen molar-refractivity contribution in [2.75, 3.05) is 5.32 Å². The number of nitrogens with one attached hydrogen (secondary N) is 3. The third kappa shape index (κ3) is 4.34. The van der Waals surface area contributed by atoms with Gasteiger partial charge in [-0.05, 0) is 54.7 Å². The van der Waals surface area contributed by atoms with Crippen LogP contribution in [0.1, 0.15) is 43.2 Å². The molecular weight excluding hydrogens is 360 g/mol. The first kappa shape index (κ1) is 19.2. The summed E-state index contributed by atoms with van der Waals surface area (Å²) in [4.78, 5) is 16.7. The molecule has 1 atom stereocenters. The number of nitrogens with two attached hydrogens (primary N) is 1. The van der Waals surface area contributed by atoms with Gasteiger partial charge in [0.2, 0.25) is 0 Å². The average Bonchev–Trinajstić information content (AvgIpc) is 3.15. The third-order valence-corrected chi connectivity index (χ3v) is 6.01. The number of carbonyl (C=O) groups excluding carboxylic acids is 1. The first-order chi connectivity index (χ1) is 14.1. The van der Waals surface area contributed by atoms with Crippen molar-refractivity contribution in [3.63, 3.8) is 0 Å². The van der Waals surface area contributed by atoms with Crippen molar-refractivity contribution in [1.29, 1.82) is 5.41 Å². The minimum absolute atomic E-state index is 0.0382. The SMILES string of the molecule is N=C(N)c1ccc2[nH]cc(CC(=O)C(Nc3ccccc3)C3CCCCC3)c2c1. The van der Waals surface area contributed by atoms with Crippen LogP contribution in [0.3, 0.4) is 0 Å². The Balaban J connectivity index is 1.59. The fourth-order valence-electron chi connectivity index (χ4n) is 4.43. The number of ketones is 1. The summed E-state index contributed by atoms with van der Waals surface area (Å²) in [6.45, 7) is 0. The van der Waals surface area contributed by atoms with Gasteiger partial charge in [-0.25, -0.2) is 0 Å². The number of fused-ring (bicyclic) bond motifs is 1. The maximum absolute atomic E-state index is 13.4. The minimum atomic E-state index is -0.182. The Kier molecular flexibility index (Phi) is 5.65. The van der Waals surface area contributed by atoms with E-state index in [0.29, 0.717) is 17.9 Å². The molecule has 0 radical (unpaired) electrons. The van der Waals surface area contributed by atoms with Crippen molar-refractivity contribution in [2.45, 2.75) is 44.6 Å². The number of nitrogen functional groups attached to an aromatic ring is 1. The largest absolute Gasteiger partial charge is 0.384 e. The van der Waals surface area contributed by atoms with Gasteiger partial charge in [0.15, 0.2) is 5.78 Å². The number of hydrogen-bond donors (Lipinski definition) is 4. The maximum atomic E-state index is 13.4. The number of amidine groups is 1.